The van der Waals surface area contributed by atoms with Crippen LogP contribution in [-0.2, 0) is 17.6 Å². The summed E-state index contributed by atoms with van der Waals surface area (Å²) in [6.45, 7) is 11.3. The van der Waals surface area contributed by atoms with Crippen molar-refractivity contribution in [3.8, 4) is 0 Å². The second kappa shape index (κ2) is 30.6. The van der Waals surface area contributed by atoms with Crippen LogP contribution in [0.25, 0.3) is 21.6 Å². The third-order valence-corrected chi connectivity index (χ3v) is 15.6. The number of thioether (sulfide) groups is 1. The fraction of sp³-hybridized carbons (Fsp3) is 0.607. The number of carbonyl (C=O) groups excluding carboxylic acids is 1. The lowest BCUT2D eigenvalue weighted by Gasteiger charge is -2.37. The predicted octanol–water partition coefficient (Wildman–Crippen LogP) is 17.2. The zero-order chi connectivity index (χ0) is 47.6. The smallest absolute Gasteiger partial charge is 0.347 e. The number of hydrogen-bond donors (Lipinski definition) is 0. The molecule has 0 N–H and O–H groups in total. The molecular weight excluding hydrogens is 857 g/mol. The van der Waals surface area contributed by atoms with E-state index in [1.54, 1.807) is 6.07 Å². The van der Waals surface area contributed by atoms with Gasteiger partial charge in [0.2, 0.25) is 0 Å². The van der Waals surface area contributed by atoms with E-state index in [4.69, 9.17) is 9.15 Å². The number of fused-ring (bicyclic) bond motifs is 2. The lowest BCUT2D eigenvalue weighted by atomic mass is 9.90. The molecule has 3 aromatic carbocycles. The Kier molecular flexibility index (Phi) is 24.0. The van der Waals surface area contributed by atoms with E-state index in [1.165, 1.54) is 207 Å². The van der Waals surface area contributed by atoms with E-state index in [2.05, 4.69) is 84.3 Å². The zero-order valence-corrected chi connectivity index (χ0v) is 43.6. The Morgan fingerprint density at radius 1 is 0.632 bits per heavy atom. The Balaban J connectivity index is 0.000000297. The number of nitrogens with zero attached hydrogens (tertiary/aromatic N) is 2. The predicted molar refractivity (Wildman–Crippen MR) is 294 cm³/mol. The second-order valence-electron chi connectivity index (χ2n) is 20.0. The standard InChI is InChI=1S/C44H71NOS.C17H17NO3/c1-3-5-7-9-11-13-15-17-19-21-23-28-36-45(37-29-24-22-20-18-16-14-12-10-8-6-4-2)42-34-32-41(33-35-42)44-43(46-38-39-47-44)40-30-26-25-27-31-40;1-10(19)14-9-12-8-11-4-2-6-18-7-3-5-13(15(11)18)16(12)21-17(14)20/h25-27,30-35H,3-24,28-29,36-39H2,1-2H3;8-9H,2-7H2,1H3. The van der Waals surface area contributed by atoms with Crippen LogP contribution >= 0.6 is 11.8 Å². The van der Waals surface area contributed by atoms with Crippen molar-refractivity contribution >= 4 is 50.6 Å². The molecule has 0 fully saturated rings. The van der Waals surface area contributed by atoms with Gasteiger partial charge in [-0.15, -0.1) is 11.8 Å². The average Bonchev–Trinajstić information content (AvgIpc) is 3.37. The van der Waals surface area contributed by atoms with E-state index >= 15 is 0 Å². The van der Waals surface area contributed by atoms with Crippen LogP contribution in [0.5, 0.6) is 0 Å². The highest BCUT2D eigenvalue weighted by molar-refractivity contribution is 8.08. The summed E-state index contributed by atoms with van der Waals surface area (Å²) in [6, 6.07) is 23.9. The molecule has 0 unspecified atom stereocenters. The molecule has 0 atom stereocenters. The van der Waals surface area contributed by atoms with E-state index in [9.17, 15) is 9.59 Å². The summed E-state index contributed by atoms with van der Waals surface area (Å²) >= 11 is 1.94. The number of benzene rings is 3. The van der Waals surface area contributed by atoms with E-state index < -0.39 is 5.63 Å². The van der Waals surface area contributed by atoms with Gasteiger partial charge >= 0.3 is 5.63 Å². The van der Waals surface area contributed by atoms with Crippen LogP contribution in [0.4, 0.5) is 11.4 Å². The van der Waals surface area contributed by atoms with Crippen molar-refractivity contribution < 1.29 is 13.9 Å². The SMILES string of the molecule is CC(=O)c1cc2cc3c4c(c2oc1=O)CCCN4CCC3.CCCCCCCCCCCCCCN(CCCCCCCCCCCCCC)c1ccc(C2=C(c3ccccc3)OCCS2)cc1. The summed E-state index contributed by atoms with van der Waals surface area (Å²) in [6.07, 6.45) is 38.1. The van der Waals surface area contributed by atoms with Gasteiger partial charge in [0, 0.05) is 59.8 Å². The fourth-order valence-electron chi connectivity index (χ4n) is 10.6. The van der Waals surface area contributed by atoms with E-state index in [0.717, 1.165) is 67.8 Å². The van der Waals surface area contributed by atoms with Crippen molar-refractivity contribution in [2.45, 2.75) is 201 Å². The quantitative estimate of drug-likeness (QED) is 0.0293. The number of carbonyl (C=O) groups is 1. The van der Waals surface area contributed by atoms with Crippen LogP contribution in [0.2, 0.25) is 0 Å². The van der Waals surface area contributed by atoms with Gasteiger partial charge in [0.15, 0.2) is 5.78 Å². The lowest BCUT2D eigenvalue weighted by Crippen LogP contribution is -2.34. The molecule has 7 heteroatoms. The molecule has 0 saturated carbocycles. The van der Waals surface area contributed by atoms with Gasteiger partial charge in [-0.05, 0) is 80.8 Å². The Hall–Kier alpha value is -3.97. The molecule has 0 bridgehead atoms. The van der Waals surface area contributed by atoms with Crippen molar-refractivity contribution in [3.05, 3.63) is 105 Å². The van der Waals surface area contributed by atoms with Gasteiger partial charge in [-0.25, -0.2) is 4.79 Å². The third kappa shape index (κ3) is 16.9. The number of ketones is 1. The molecule has 4 aromatic rings. The van der Waals surface area contributed by atoms with Gasteiger partial charge < -0.3 is 19.0 Å². The van der Waals surface area contributed by atoms with Crippen molar-refractivity contribution in [1.82, 2.24) is 0 Å². The number of anilines is 2. The third-order valence-electron chi connectivity index (χ3n) is 14.5. The minimum absolute atomic E-state index is 0.151. The first-order valence-corrected chi connectivity index (χ1v) is 28.8. The Morgan fingerprint density at radius 2 is 1.16 bits per heavy atom. The zero-order valence-electron chi connectivity index (χ0n) is 42.8. The summed E-state index contributed by atoms with van der Waals surface area (Å²) in [5.74, 6) is 1.82. The highest BCUT2D eigenvalue weighted by Gasteiger charge is 2.27. The highest BCUT2D eigenvalue weighted by Crippen LogP contribution is 2.41. The van der Waals surface area contributed by atoms with E-state index in [-0.39, 0.29) is 11.3 Å². The summed E-state index contributed by atoms with van der Waals surface area (Å²) in [7, 11) is 0. The first kappa shape index (κ1) is 53.4. The largest absolute Gasteiger partial charge is 0.491 e. The molecule has 3 aliphatic rings. The first-order chi connectivity index (χ1) is 33.5. The number of hydrogen-bond acceptors (Lipinski definition) is 7. The Bertz CT molecular complexity index is 2130. The van der Waals surface area contributed by atoms with Crippen LogP contribution in [0.3, 0.4) is 0 Å². The average molecular weight is 945 g/mol. The highest BCUT2D eigenvalue weighted by atomic mass is 32.2. The molecular formula is C61H88N2O4S. The molecule has 68 heavy (non-hydrogen) atoms. The molecule has 6 nitrogen and oxygen atoms in total. The monoisotopic (exact) mass is 945 g/mol. The van der Waals surface area contributed by atoms with Crippen molar-refractivity contribution in [1.29, 1.82) is 0 Å². The van der Waals surface area contributed by atoms with E-state index in [1.807, 2.05) is 11.8 Å². The summed E-state index contributed by atoms with van der Waals surface area (Å²) in [5, 5.41) is 0.886. The number of aryl methyl sites for hydroxylation is 2. The molecule has 4 heterocycles. The minimum atomic E-state index is -0.515. The second-order valence-corrected chi connectivity index (χ2v) is 21.1. The molecule has 0 amide bonds. The van der Waals surface area contributed by atoms with Crippen LogP contribution in [-0.4, -0.2) is 44.3 Å². The molecule has 0 radical (unpaired) electrons. The van der Waals surface area contributed by atoms with Crippen LogP contribution < -0.4 is 15.4 Å². The van der Waals surface area contributed by atoms with Gasteiger partial charge in [0.1, 0.15) is 16.9 Å². The lowest BCUT2D eigenvalue weighted by molar-refractivity contribution is 0.101. The number of ether oxygens (including phenoxy) is 1. The molecule has 1 aromatic heterocycles. The van der Waals surface area contributed by atoms with Crippen LogP contribution in [0, 0.1) is 0 Å². The van der Waals surface area contributed by atoms with Gasteiger partial charge in [0.25, 0.3) is 0 Å². The van der Waals surface area contributed by atoms with Crippen molar-refractivity contribution in [2.75, 3.05) is 48.3 Å². The fourth-order valence-corrected chi connectivity index (χ4v) is 11.6. The van der Waals surface area contributed by atoms with Crippen molar-refractivity contribution in [2.24, 2.45) is 0 Å². The maximum Gasteiger partial charge on any atom is 0.347 e. The van der Waals surface area contributed by atoms with Gasteiger partial charge in [0.05, 0.1) is 11.5 Å². The summed E-state index contributed by atoms with van der Waals surface area (Å²) in [5.41, 5.74) is 7.93. The summed E-state index contributed by atoms with van der Waals surface area (Å²) < 4.78 is 11.7. The number of rotatable bonds is 30. The molecule has 0 saturated heterocycles. The molecule has 3 aliphatic heterocycles. The normalized spacial score (nSPS) is 14.4. The first-order valence-electron chi connectivity index (χ1n) is 27.8. The Morgan fingerprint density at radius 3 is 1.71 bits per heavy atom. The van der Waals surface area contributed by atoms with Gasteiger partial charge in [-0.2, -0.15) is 0 Å². The number of Topliss-reactive ketones (excluding diaryl/α,β-unsaturated/α-hetero) is 1. The maximum absolute atomic E-state index is 12.0. The Labute approximate surface area is 416 Å². The van der Waals surface area contributed by atoms with Crippen LogP contribution in [0.1, 0.15) is 220 Å². The summed E-state index contributed by atoms with van der Waals surface area (Å²) in [4.78, 5) is 29.9. The molecule has 0 spiro atoms. The van der Waals surface area contributed by atoms with Crippen molar-refractivity contribution in [3.63, 3.8) is 0 Å². The minimum Gasteiger partial charge on any atom is -0.491 e. The van der Waals surface area contributed by atoms with Crippen LogP contribution in [0.15, 0.2) is 75.9 Å². The topological polar surface area (TPSA) is 63.0 Å². The molecule has 372 valence electrons. The van der Waals surface area contributed by atoms with E-state index in [0.29, 0.717) is 5.58 Å². The molecule has 7 rings (SSSR count). The maximum atomic E-state index is 12.0. The molecule has 0 aliphatic carbocycles. The van der Waals surface area contributed by atoms with Gasteiger partial charge in [-0.3, -0.25) is 4.79 Å². The number of unbranched alkanes of at least 4 members (excludes halogenated alkanes) is 22. The van der Waals surface area contributed by atoms with Gasteiger partial charge in [-0.1, -0.05) is 198 Å².